The molecule has 0 fully saturated rings. The predicted octanol–water partition coefficient (Wildman–Crippen LogP) is 2.53. The number of nitrogens with zero attached hydrogens (tertiary/aromatic N) is 1. The third kappa shape index (κ3) is 3.64. The molecule has 1 amide bonds. The predicted molar refractivity (Wildman–Crippen MR) is 95.8 cm³/mol. The highest BCUT2D eigenvalue weighted by atomic mass is 16.5. The molecule has 1 heterocycles. The van der Waals surface area contributed by atoms with Crippen LogP contribution in [0.1, 0.15) is 27.0 Å². The van der Waals surface area contributed by atoms with Gasteiger partial charge in [-0.05, 0) is 47.9 Å². The fraction of sp³-hybridized carbons (Fsp3) is 0.300. The van der Waals surface area contributed by atoms with Gasteiger partial charge in [-0.25, -0.2) is 4.79 Å². The van der Waals surface area contributed by atoms with Crippen LogP contribution in [-0.2, 0) is 24.2 Å². The van der Waals surface area contributed by atoms with Gasteiger partial charge in [-0.15, -0.1) is 0 Å². The molecule has 1 aliphatic heterocycles. The van der Waals surface area contributed by atoms with Gasteiger partial charge >= 0.3 is 5.97 Å². The van der Waals surface area contributed by atoms with Crippen molar-refractivity contribution in [1.82, 2.24) is 4.90 Å². The third-order valence-corrected chi connectivity index (χ3v) is 4.65. The summed E-state index contributed by atoms with van der Waals surface area (Å²) in [7, 11) is 3.15. The summed E-state index contributed by atoms with van der Waals surface area (Å²) >= 11 is 0. The molecule has 136 valence electrons. The molecule has 0 aliphatic carbocycles. The lowest BCUT2D eigenvalue weighted by Crippen LogP contribution is -2.37. The fourth-order valence-electron chi connectivity index (χ4n) is 3.20. The van der Waals surface area contributed by atoms with Crippen LogP contribution in [0.5, 0.6) is 11.5 Å². The average Bonchev–Trinajstić information content (AvgIpc) is 2.66. The van der Waals surface area contributed by atoms with E-state index in [-0.39, 0.29) is 17.9 Å². The number of benzene rings is 2. The van der Waals surface area contributed by atoms with Crippen LogP contribution < -0.4 is 9.47 Å². The highest BCUT2D eigenvalue weighted by Crippen LogP contribution is 2.26. The molecular weight excluding hydrogens is 334 g/mol. The number of hydrogen-bond acceptors (Lipinski definition) is 4. The lowest BCUT2D eigenvalue weighted by molar-refractivity contribution is -0.131. The van der Waals surface area contributed by atoms with E-state index in [0.717, 1.165) is 23.1 Å². The van der Waals surface area contributed by atoms with Crippen molar-refractivity contribution in [2.75, 3.05) is 20.8 Å². The smallest absolute Gasteiger partial charge is 0.335 e. The van der Waals surface area contributed by atoms with Crippen LogP contribution >= 0.6 is 0 Å². The largest absolute Gasteiger partial charge is 0.497 e. The molecule has 26 heavy (non-hydrogen) atoms. The lowest BCUT2D eigenvalue weighted by atomic mass is 9.97. The number of carboxylic acids is 1. The molecule has 0 unspecified atom stereocenters. The number of amides is 1. The molecule has 0 radical (unpaired) electrons. The Labute approximate surface area is 152 Å². The Kier molecular flexibility index (Phi) is 5.11. The molecule has 3 rings (SSSR count). The Morgan fingerprint density at radius 1 is 1.08 bits per heavy atom. The SMILES string of the molecule is COc1ccc(OC)c(CC(=O)N2CCc3ccc(C(=O)O)cc3C2)c1. The molecular formula is C20H21NO5. The maximum atomic E-state index is 12.8. The fourth-order valence-corrected chi connectivity index (χ4v) is 3.20. The number of carboxylic acid groups (broad SMARTS) is 1. The Bertz CT molecular complexity index is 846. The van der Waals surface area contributed by atoms with Gasteiger partial charge in [0.2, 0.25) is 5.91 Å². The van der Waals surface area contributed by atoms with Crippen molar-refractivity contribution in [2.24, 2.45) is 0 Å². The van der Waals surface area contributed by atoms with Crippen LogP contribution in [-0.4, -0.2) is 42.6 Å². The standard InChI is InChI=1S/C20H21NO5/c1-25-17-5-6-18(26-2)15(10-17)11-19(22)21-8-7-13-3-4-14(20(23)24)9-16(13)12-21/h3-6,9-10H,7-8,11-12H2,1-2H3,(H,23,24). The molecule has 1 N–H and O–H groups in total. The third-order valence-electron chi connectivity index (χ3n) is 4.65. The quantitative estimate of drug-likeness (QED) is 0.892. The zero-order valence-electron chi connectivity index (χ0n) is 14.8. The van der Waals surface area contributed by atoms with Gasteiger partial charge < -0.3 is 19.5 Å². The Balaban J connectivity index is 1.77. The van der Waals surface area contributed by atoms with Crippen LogP contribution in [0.2, 0.25) is 0 Å². The van der Waals surface area contributed by atoms with Gasteiger partial charge in [0.15, 0.2) is 0 Å². The molecule has 0 saturated carbocycles. The lowest BCUT2D eigenvalue weighted by Gasteiger charge is -2.29. The van der Waals surface area contributed by atoms with Gasteiger partial charge in [0.05, 0.1) is 26.2 Å². The minimum absolute atomic E-state index is 0.0251. The summed E-state index contributed by atoms with van der Waals surface area (Å²) in [5.74, 6) is 0.328. The highest BCUT2D eigenvalue weighted by molar-refractivity contribution is 5.88. The first kappa shape index (κ1) is 17.8. The van der Waals surface area contributed by atoms with Gasteiger partial charge in [-0.2, -0.15) is 0 Å². The summed E-state index contributed by atoms with van der Waals surface area (Å²) < 4.78 is 10.6. The molecule has 0 saturated heterocycles. The molecule has 0 spiro atoms. The zero-order valence-corrected chi connectivity index (χ0v) is 14.8. The summed E-state index contributed by atoms with van der Waals surface area (Å²) in [5, 5.41) is 9.16. The number of carbonyl (C=O) groups excluding carboxylic acids is 1. The van der Waals surface area contributed by atoms with Gasteiger partial charge in [0.25, 0.3) is 0 Å². The van der Waals surface area contributed by atoms with E-state index in [9.17, 15) is 9.59 Å². The normalized spacial score (nSPS) is 13.1. The van der Waals surface area contributed by atoms with E-state index in [4.69, 9.17) is 14.6 Å². The maximum Gasteiger partial charge on any atom is 0.335 e. The maximum absolute atomic E-state index is 12.8. The van der Waals surface area contributed by atoms with Crippen LogP contribution in [0, 0.1) is 0 Å². The number of ether oxygens (including phenoxy) is 2. The summed E-state index contributed by atoms with van der Waals surface area (Å²) in [5.41, 5.74) is 2.99. The number of methoxy groups -OCH3 is 2. The Morgan fingerprint density at radius 2 is 1.88 bits per heavy atom. The molecule has 0 bridgehead atoms. The molecule has 0 atom stereocenters. The van der Waals surface area contributed by atoms with Crippen LogP contribution in [0.15, 0.2) is 36.4 Å². The zero-order chi connectivity index (χ0) is 18.7. The Hall–Kier alpha value is -3.02. The highest BCUT2D eigenvalue weighted by Gasteiger charge is 2.23. The molecule has 1 aliphatic rings. The molecule has 6 nitrogen and oxygen atoms in total. The van der Waals surface area contributed by atoms with Crippen molar-refractivity contribution >= 4 is 11.9 Å². The molecule has 2 aromatic carbocycles. The van der Waals surface area contributed by atoms with Crippen molar-refractivity contribution in [3.8, 4) is 11.5 Å². The molecule has 6 heteroatoms. The topological polar surface area (TPSA) is 76.1 Å². The van der Waals surface area contributed by atoms with Crippen LogP contribution in [0.4, 0.5) is 0 Å². The van der Waals surface area contributed by atoms with E-state index in [1.165, 1.54) is 0 Å². The number of aromatic carboxylic acids is 1. The van der Waals surface area contributed by atoms with Crippen molar-refractivity contribution in [3.05, 3.63) is 58.7 Å². The van der Waals surface area contributed by atoms with Gasteiger partial charge in [0, 0.05) is 18.7 Å². The minimum atomic E-state index is -0.961. The first-order chi connectivity index (χ1) is 12.5. The Morgan fingerprint density at radius 3 is 2.58 bits per heavy atom. The van der Waals surface area contributed by atoms with E-state index in [2.05, 4.69) is 0 Å². The van der Waals surface area contributed by atoms with Gasteiger partial charge in [0.1, 0.15) is 11.5 Å². The van der Waals surface area contributed by atoms with E-state index in [0.29, 0.717) is 24.6 Å². The number of hydrogen-bond donors (Lipinski definition) is 1. The van der Waals surface area contributed by atoms with E-state index in [1.807, 2.05) is 6.07 Å². The molecule has 2 aromatic rings. The number of carbonyl (C=O) groups is 2. The van der Waals surface area contributed by atoms with Crippen molar-refractivity contribution in [1.29, 1.82) is 0 Å². The average molecular weight is 355 g/mol. The second-order valence-electron chi connectivity index (χ2n) is 6.21. The van der Waals surface area contributed by atoms with Crippen LogP contribution in [0.3, 0.4) is 0 Å². The second kappa shape index (κ2) is 7.47. The first-order valence-corrected chi connectivity index (χ1v) is 8.35. The summed E-state index contributed by atoms with van der Waals surface area (Å²) in [6.45, 7) is 1.03. The van der Waals surface area contributed by atoms with Crippen molar-refractivity contribution in [3.63, 3.8) is 0 Å². The van der Waals surface area contributed by atoms with Gasteiger partial charge in [-0.1, -0.05) is 6.07 Å². The van der Waals surface area contributed by atoms with E-state index < -0.39 is 5.97 Å². The van der Waals surface area contributed by atoms with Crippen molar-refractivity contribution < 1.29 is 24.2 Å². The van der Waals surface area contributed by atoms with Crippen LogP contribution in [0.25, 0.3) is 0 Å². The molecule has 0 aromatic heterocycles. The first-order valence-electron chi connectivity index (χ1n) is 8.35. The number of rotatable bonds is 5. The van der Waals surface area contributed by atoms with Gasteiger partial charge in [-0.3, -0.25) is 4.79 Å². The van der Waals surface area contributed by atoms with E-state index >= 15 is 0 Å². The second-order valence-corrected chi connectivity index (χ2v) is 6.21. The van der Waals surface area contributed by atoms with Crippen molar-refractivity contribution in [2.45, 2.75) is 19.4 Å². The summed E-state index contributed by atoms with van der Waals surface area (Å²) in [6.07, 6.45) is 0.921. The summed E-state index contributed by atoms with van der Waals surface area (Å²) in [6, 6.07) is 10.5. The monoisotopic (exact) mass is 355 g/mol. The van der Waals surface area contributed by atoms with E-state index in [1.54, 1.807) is 49.5 Å². The summed E-state index contributed by atoms with van der Waals surface area (Å²) in [4.78, 5) is 25.7. The minimum Gasteiger partial charge on any atom is -0.497 e. The number of fused-ring (bicyclic) bond motifs is 1.